The fourth-order valence-electron chi connectivity index (χ4n) is 5.11. The Morgan fingerprint density at radius 3 is 1.74 bits per heavy atom. The monoisotopic (exact) mass is 429 g/mol. The van der Waals surface area contributed by atoms with Crippen molar-refractivity contribution in [2.45, 2.75) is 0 Å². The zero-order valence-corrected chi connectivity index (χ0v) is 17.6. The molecule has 0 radical (unpaired) electrons. The normalized spacial score (nSPS) is 10.8. The van der Waals surface area contributed by atoms with Gasteiger partial charge in [0.2, 0.25) is 11.4 Å². The molecule has 0 saturated heterocycles. The number of rotatable bonds is 0. The van der Waals surface area contributed by atoms with Crippen molar-refractivity contribution in [1.82, 2.24) is 4.98 Å². The third-order valence-corrected chi connectivity index (χ3v) is 6.37. The first-order chi connectivity index (χ1) is 16.7. The van der Waals surface area contributed by atoms with Crippen LogP contribution in [0.25, 0.3) is 68.5 Å². The van der Waals surface area contributed by atoms with Crippen LogP contribution in [0.15, 0.2) is 66.9 Å². The van der Waals surface area contributed by atoms with E-state index in [-0.39, 0.29) is 22.6 Å². The summed E-state index contributed by atoms with van der Waals surface area (Å²) in [5.41, 5.74) is 0.763. The predicted octanol–water partition coefficient (Wildman–Crippen LogP) is 8.37. The quantitative estimate of drug-likeness (QED) is 0.180. The highest BCUT2D eigenvalue weighted by atomic mass is 14.8. The van der Waals surface area contributed by atoms with Crippen molar-refractivity contribution in [1.29, 1.82) is 5.26 Å². The second-order valence-corrected chi connectivity index (χ2v) is 7.86. The van der Waals surface area contributed by atoms with Crippen LogP contribution in [0.1, 0.15) is 5.56 Å². The van der Waals surface area contributed by atoms with Gasteiger partial charge in [-0.25, -0.2) is 0 Å². The molecule has 1 heterocycles. The second-order valence-electron chi connectivity index (χ2n) is 7.86. The van der Waals surface area contributed by atoms with E-state index in [1.54, 1.807) is 12.3 Å². The molecule has 0 unspecified atom stereocenters. The number of fused-ring (bicyclic) bond motifs is 11. The number of nitrogens with zero attached hydrogens (tertiary/aromatic N) is 5. The molecule has 5 nitrogen and oxygen atoms in total. The maximum Gasteiger partial charge on any atom is 0.202 e. The number of pyridine rings is 1. The van der Waals surface area contributed by atoms with E-state index in [0.29, 0.717) is 21.7 Å². The summed E-state index contributed by atoms with van der Waals surface area (Å²) in [6.07, 6.45) is 1.71. The van der Waals surface area contributed by atoms with Crippen LogP contribution >= 0.6 is 0 Å². The van der Waals surface area contributed by atoms with Crippen molar-refractivity contribution in [3.63, 3.8) is 0 Å². The van der Waals surface area contributed by atoms with Gasteiger partial charge in [-0.1, -0.05) is 54.6 Å². The highest BCUT2D eigenvalue weighted by Gasteiger charge is 2.26. The molecule has 0 atom stereocenters. The Morgan fingerprint density at radius 1 is 0.588 bits per heavy atom. The lowest BCUT2D eigenvalue weighted by Gasteiger charge is -2.18. The average molecular weight is 429 g/mol. The van der Waals surface area contributed by atoms with Crippen molar-refractivity contribution >= 4 is 71.1 Å². The molecule has 5 heteroatoms. The zero-order chi connectivity index (χ0) is 23.4. The van der Waals surface area contributed by atoms with Gasteiger partial charge in [0.15, 0.2) is 5.69 Å². The van der Waals surface area contributed by atoms with E-state index >= 15 is 0 Å². The minimum absolute atomic E-state index is 0.0733. The minimum Gasteiger partial charge on any atom is -0.262 e. The molecule has 0 aliphatic heterocycles. The van der Waals surface area contributed by atoms with Crippen molar-refractivity contribution in [3.05, 3.63) is 107 Å². The maximum atomic E-state index is 10.2. The molecule has 6 aromatic rings. The third kappa shape index (κ3) is 2.25. The van der Waals surface area contributed by atoms with E-state index in [1.165, 1.54) is 0 Å². The number of nitriles is 1. The van der Waals surface area contributed by atoms with Crippen LogP contribution in [0.5, 0.6) is 0 Å². The minimum atomic E-state index is -0.0782. The highest BCUT2D eigenvalue weighted by Crippen LogP contribution is 2.53. The van der Waals surface area contributed by atoms with E-state index < -0.39 is 0 Å². The molecule has 0 aliphatic rings. The lowest BCUT2D eigenvalue weighted by Crippen LogP contribution is -1.92. The van der Waals surface area contributed by atoms with Gasteiger partial charge in [-0.05, 0) is 43.8 Å². The molecule has 0 spiro atoms. The first kappa shape index (κ1) is 19.2. The lowest BCUT2D eigenvalue weighted by molar-refractivity contribution is 1.43. The van der Waals surface area contributed by atoms with Crippen LogP contribution in [0.4, 0.5) is 17.1 Å². The molecule has 1 aromatic heterocycles. The second kappa shape index (κ2) is 7.01. The number of aromatic nitrogens is 1. The van der Waals surface area contributed by atoms with Crippen molar-refractivity contribution in [2.24, 2.45) is 0 Å². The molecule has 34 heavy (non-hydrogen) atoms. The van der Waals surface area contributed by atoms with Crippen LogP contribution in [0, 0.1) is 31.0 Å². The Hall–Kier alpha value is -5.49. The molecule has 0 aliphatic carbocycles. The summed E-state index contributed by atoms with van der Waals surface area (Å²) in [5.74, 6) is 0. The molecule has 0 fully saturated rings. The van der Waals surface area contributed by atoms with Crippen molar-refractivity contribution < 1.29 is 0 Å². The third-order valence-electron chi connectivity index (χ3n) is 6.37. The SMILES string of the molecule is [C-]#[N+]c1c([N+]#[C-])c([N+]#[C-])c2c(c1C#N)c1cccnc1c1c3ccccc3c3ccccc3c21. The number of benzene rings is 5. The number of hydrogen-bond donors (Lipinski definition) is 0. The van der Waals surface area contributed by atoms with Gasteiger partial charge in [0, 0.05) is 17.0 Å². The fourth-order valence-corrected chi connectivity index (χ4v) is 5.11. The Kier molecular flexibility index (Phi) is 3.96. The van der Waals surface area contributed by atoms with Gasteiger partial charge < -0.3 is 0 Å². The predicted molar refractivity (Wildman–Crippen MR) is 135 cm³/mol. The van der Waals surface area contributed by atoms with Crippen molar-refractivity contribution in [2.75, 3.05) is 0 Å². The fraction of sp³-hybridized carbons (Fsp3) is 0. The molecule has 6 rings (SSSR count). The van der Waals surface area contributed by atoms with Gasteiger partial charge in [-0.15, -0.1) is 0 Å². The summed E-state index contributed by atoms with van der Waals surface area (Å²) in [6, 6.07) is 21.8. The van der Waals surface area contributed by atoms with Crippen LogP contribution in [0.2, 0.25) is 0 Å². The van der Waals surface area contributed by atoms with E-state index in [1.807, 2.05) is 48.5 Å². The van der Waals surface area contributed by atoms with Crippen LogP contribution in [0.3, 0.4) is 0 Å². The van der Waals surface area contributed by atoms with E-state index in [4.69, 9.17) is 24.7 Å². The Bertz CT molecular complexity index is 2050. The highest BCUT2D eigenvalue weighted by molar-refractivity contribution is 6.42. The Balaban J connectivity index is 2.19. The van der Waals surface area contributed by atoms with E-state index in [0.717, 1.165) is 32.3 Å². The Morgan fingerprint density at radius 2 is 1.15 bits per heavy atom. The molecule has 0 saturated carbocycles. The largest absolute Gasteiger partial charge is 0.262 e. The summed E-state index contributed by atoms with van der Waals surface area (Å²) in [5, 5.41) is 17.5. The van der Waals surface area contributed by atoms with Crippen LogP contribution in [-0.4, -0.2) is 4.98 Å². The Labute approximate surface area is 194 Å². The molecule has 152 valence electrons. The summed E-state index contributed by atoms with van der Waals surface area (Å²) in [7, 11) is 0. The standard InChI is InChI=1S/C29H11N5/c1-31-27-21(15-30)22-20-13-8-14-34-26(20)24-19-12-7-5-10-17(19)16-9-4-6-11-18(16)23(24)25(22)28(32-2)29(27)33-3/h4-14H. The van der Waals surface area contributed by atoms with Crippen LogP contribution in [-0.2, 0) is 0 Å². The summed E-state index contributed by atoms with van der Waals surface area (Å²) in [6.45, 7) is 23.5. The first-order valence-corrected chi connectivity index (χ1v) is 10.4. The van der Waals surface area contributed by atoms with Gasteiger partial charge in [0.1, 0.15) is 0 Å². The van der Waals surface area contributed by atoms with E-state index in [9.17, 15) is 5.26 Å². The molecule has 5 aromatic carbocycles. The number of hydrogen-bond acceptors (Lipinski definition) is 2. The van der Waals surface area contributed by atoms with Gasteiger partial charge >= 0.3 is 0 Å². The summed E-state index contributed by atoms with van der Waals surface area (Å²) >= 11 is 0. The maximum absolute atomic E-state index is 10.2. The molecular weight excluding hydrogens is 418 g/mol. The van der Waals surface area contributed by atoms with Gasteiger partial charge in [-0.2, -0.15) is 5.26 Å². The molecular formula is C29H11N5. The molecule has 0 amide bonds. The van der Waals surface area contributed by atoms with Gasteiger partial charge in [0.05, 0.1) is 36.9 Å². The summed E-state index contributed by atoms with van der Waals surface area (Å²) in [4.78, 5) is 15.6. The van der Waals surface area contributed by atoms with E-state index in [2.05, 4.69) is 26.7 Å². The zero-order valence-electron chi connectivity index (χ0n) is 17.6. The van der Waals surface area contributed by atoms with Crippen molar-refractivity contribution in [3.8, 4) is 6.07 Å². The van der Waals surface area contributed by atoms with Gasteiger partial charge in [0.25, 0.3) is 0 Å². The van der Waals surface area contributed by atoms with Gasteiger partial charge in [-0.3, -0.25) is 19.5 Å². The smallest absolute Gasteiger partial charge is 0.202 e. The van der Waals surface area contributed by atoms with Crippen LogP contribution < -0.4 is 0 Å². The lowest BCUT2D eigenvalue weighted by atomic mass is 9.86. The molecule has 0 N–H and O–H groups in total. The molecule has 0 bridgehead atoms. The topological polar surface area (TPSA) is 49.8 Å². The average Bonchev–Trinajstić information content (AvgIpc) is 2.91. The first-order valence-electron chi connectivity index (χ1n) is 10.4. The summed E-state index contributed by atoms with van der Waals surface area (Å²) < 4.78 is 0.